The van der Waals surface area contributed by atoms with Crippen molar-refractivity contribution in [3.05, 3.63) is 48.5 Å². The number of hydrogen-bond acceptors (Lipinski definition) is 3. The van der Waals surface area contributed by atoms with Gasteiger partial charge in [0.1, 0.15) is 0 Å². The first-order chi connectivity index (χ1) is 9.06. The van der Waals surface area contributed by atoms with E-state index >= 15 is 0 Å². The Balaban J connectivity index is 2.21. The molecule has 2 nitrogen and oxygen atoms in total. The van der Waals surface area contributed by atoms with Crippen LogP contribution in [0.3, 0.4) is 0 Å². The highest BCUT2D eigenvalue weighted by molar-refractivity contribution is 7.99. The first-order valence-corrected chi connectivity index (χ1v) is 7.10. The molecular formula is C16H20N2S. The van der Waals surface area contributed by atoms with E-state index in [-0.39, 0.29) is 0 Å². The van der Waals surface area contributed by atoms with Crippen LogP contribution in [0.25, 0.3) is 0 Å². The van der Waals surface area contributed by atoms with Crippen LogP contribution < -0.4 is 9.80 Å². The SMILES string of the molecule is CN(C)c1cccc(Sc2cccc(N(C)C)c2)c1. The predicted molar refractivity (Wildman–Crippen MR) is 85.7 cm³/mol. The van der Waals surface area contributed by atoms with E-state index in [0.29, 0.717) is 0 Å². The molecule has 0 aliphatic carbocycles. The minimum absolute atomic E-state index is 1.23. The highest BCUT2D eigenvalue weighted by Gasteiger charge is 2.02. The quantitative estimate of drug-likeness (QED) is 0.831. The molecule has 0 bridgehead atoms. The van der Waals surface area contributed by atoms with E-state index in [1.54, 1.807) is 11.8 Å². The molecule has 2 rings (SSSR count). The fraction of sp³-hybridized carbons (Fsp3) is 0.250. The molecule has 0 heterocycles. The topological polar surface area (TPSA) is 6.48 Å². The second kappa shape index (κ2) is 6.02. The molecule has 0 aliphatic rings. The average molecular weight is 272 g/mol. The number of benzene rings is 2. The maximum atomic E-state index is 2.22. The highest BCUT2D eigenvalue weighted by Crippen LogP contribution is 2.31. The van der Waals surface area contributed by atoms with Crippen LogP contribution in [-0.4, -0.2) is 28.2 Å². The molecule has 0 aromatic heterocycles. The molecule has 0 amide bonds. The Labute approximate surface area is 120 Å². The van der Waals surface area contributed by atoms with Gasteiger partial charge < -0.3 is 9.80 Å². The highest BCUT2D eigenvalue weighted by atomic mass is 32.2. The van der Waals surface area contributed by atoms with E-state index in [1.807, 2.05) is 0 Å². The molecule has 3 heteroatoms. The zero-order valence-electron chi connectivity index (χ0n) is 11.9. The van der Waals surface area contributed by atoms with Gasteiger partial charge in [-0.25, -0.2) is 0 Å². The van der Waals surface area contributed by atoms with Crippen LogP contribution in [-0.2, 0) is 0 Å². The lowest BCUT2D eigenvalue weighted by Crippen LogP contribution is -2.08. The molecular weight excluding hydrogens is 252 g/mol. The molecule has 2 aromatic rings. The van der Waals surface area contributed by atoms with E-state index in [0.717, 1.165) is 0 Å². The fourth-order valence-electron chi connectivity index (χ4n) is 1.79. The second-order valence-corrected chi connectivity index (χ2v) is 6.03. The van der Waals surface area contributed by atoms with Gasteiger partial charge in [0.05, 0.1) is 0 Å². The summed E-state index contributed by atoms with van der Waals surface area (Å²) in [5.74, 6) is 0. The second-order valence-electron chi connectivity index (χ2n) is 4.89. The third kappa shape index (κ3) is 3.67. The van der Waals surface area contributed by atoms with E-state index in [1.165, 1.54) is 21.2 Å². The van der Waals surface area contributed by atoms with Crippen molar-refractivity contribution in [1.82, 2.24) is 0 Å². The molecule has 0 unspecified atom stereocenters. The normalized spacial score (nSPS) is 10.3. The van der Waals surface area contributed by atoms with Gasteiger partial charge in [-0.05, 0) is 36.4 Å². The van der Waals surface area contributed by atoms with Crippen LogP contribution in [0.4, 0.5) is 11.4 Å². The third-order valence-electron chi connectivity index (χ3n) is 2.90. The first kappa shape index (κ1) is 13.8. The van der Waals surface area contributed by atoms with Crippen molar-refractivity contribution in [2.24, 2.45) is 0 Å². The van der Waals surface area contributed by atoms with Crippen LogP contribution in [0, 0.1) is 0 Å². The van der Waals surface area contributed by atoms with Crippen molar-refractivity contribution < 1.29 is 0 Å². The van der Waals surface area contributed by atoms with E-state index in [4.69, 9.17) is 0 Å². The van der Waals surface area contributed by atoms with Crippen molar-refractivity contribution in [3.8, 4) is 0 Å². The van der Waals surface area contributed by atoms with Crippen LogP contribution in [0.2, 0.25) is 0 Å². The van der Waals surface area contributed by atoms with Gasteiger partial charge in [0, 0.05) is 49.4 Å². The van der Waals surface area contributed by atoms with E-state index in [2.05, 4.69) is 86.5 Å². The molecule has 0 radical (unpaired) electrons. The van der Waals surface area contributed by atoms with E-state index < -0.39 is 0 Å². The van der Waals surface area contributed by atoms with Crippen LogP contribution in [0.15, 0.2) is 58.3 Å². The van der Waals surface area contributed by atoms with Crippen LogP contribution >= 0.6 is 11.8 Å². The fourth-order valence-corrected chi connectivity index (χ4v) is 2.71. The molecule has 19 heavy (non-hydrogen) atoms. The molecule has 0 atom stereocenters. The largest absolute Gasteiger partial charge is 0.378 e. The average Bonchev–Trinajstić information content (AvgIpc) is 2.39. The summed E-state index contributed by atoms with van der Waals surface area (Å²) in [5.41, 5.74) is 2.46. The summed E-state index contributed by atoms with van der Waals surface area (Å²) in [6, 6.07) is 17.2. The Morgan fingerprint density at radius 3 is 1.47 bits per heavy atom. The Morgan fingerprint density at radius 2 is 1.11 bits per heavy atom. The van der Waals surface area contributed by atoms with Crippen LogP contribution in [0.1, 0.15) is 0 Å². The molecule has 0 aliphatic heterocycles. The van der Waals surface area contributed by atoms with Gasteiger partial charge in [0.2, 0.25) is 0 Å². The zero-order chi connectivity index (χ0) is 13.8. The number of anilines is 2. The lowest BCUT2D eigenvalue weighted by atomic mass is 10.3. The van der Waals surface area contributed by atoms with Crippen molar-refractivity contribution in [2.75, 3.05) is 38.0 Å². The zero-order valence-corrected chi connectivity index (χ0v) is 12.7. The lowest BCUT2D eigenvalue weighted by molar-refractivity contribution is 1.12. The third-order valence-corrected chi connectivity index (χ3v) is 3.88. The minimum atomic E-state index is 1.23. The van der Waals surface area contributed by atoms with Crippen molar-refractivity contribution in [3.63, 3.8) is 0 Å². The Bertz CT molecular complexity index is 500. The summed E-state index contributed by atoms with van der Waals surface area (Å²) in [4.78, 5) is 6.78. The molecule has 2 aromatic carbocycles. The standard InChI is InChI=1S/C16H20N2S/c1-17(2)13-7-5-9-15(11-13)19-16-10-6-8-14(12-16)18(3)4/h5-12H,1-4H3. The molecule has 0 fully saturated rings. The first-order valence-electron chi connectivity index (χ1n) is 6.29. The summed E-state index contributed by atoms with van der Waals surface area (Å²) in [7, 11) is 8.26. The summed E-state index contributed by atoms with van der Waals surface area (Å²) >= 11 is 1.80. The summed E-state index contributed by atoms with van der Waals surface area (Å²) in [6.07, 6.45) is 0. The summed E-state index contributed by atoms with van der Waals surface area (Å²) in [6.45, 7) is 0. The number of rotatable bonds is 4. The molecule has 0 spiro atoms. The number of hydrogen-bond donors (Lipinski definition) is 0. The van der Waals surface area contributed by atoms with Crippen molar-refractivity contribution >= 4 is 23.1 Å². The smallest absolute Gasteiger partial charge is 0.0372 e. The van der Waals surface area contributed by atoms with Crippen molar-refractivity contribution in [2.45, 2.75) is 9.79 Å². The van der Waals surface area contributed by atoms with Crippen molar-refractivity contribution in [1.29, 1.82) is 0 Å². The molecule has 0 saturated carbocycles. The Morgan fingerprint density at radius 1 is 0.684 bits per heavy atom. The van der Waals surface area contributed by atoms with Gasteiger partial charge in [-0.3, -0.25) is 0 Å². The van der Waals surface area contributed by atoms with Gasteiger partial charge in [-0.2, -0.15) is 0 Å². The minimum Gasteiger partial charge on any atom is -0.378 e. The van der Waals surface area contributed by atoms with Gasteiger partial charge in [-0.1, -0.05) is 23.9 Å². The predicted octanol–water partition coefficient (Wildman–Crippen LogP) is 3.97. The molecule has 0 saturated heterocycles. The number of nitrogens with zero attached hydrogens (tertiary/aromatic N) is 2. The van der Waals surface area contributed by atoms with Gasteiger partial charge >= 0.3 is 0 Å². The Hall–Kier alpha value is -1.61. The maximum absolute atomic E-state index is 2.22. The molecule has 100 valence electrons. The molecule has 0 N–H and O–H groups in total. The summed E-state index contributed by atoms with van der Waals surface area (Å²) < 4.78 is 0. The van der Waals surface area contributed by atoms with Gasteiger partial charge in [0.25, 0.3) is 0 Å². The monoisotopic (exact) mass is 272 g/mol. The van der Waals surface area contributed by atoms with E-state index in [9.17, 15) is 0 Å². The maximum Gasteiger partial charge on any atom is 0.0372 e. The Kier molecular flexibility index (Phi) is 4.38. The van der Waals surface area contributed by atoms with Gasteiger partial charge in [0.15, 0.2) is 0 Å². The lowest BCUT2D eigenvalue weighted by Gasteiger charge is -2.15. The summed E-state index contributed by atoms with van der Waals surface area (Å²) in [5, 5.41) is 0. The van der Waals surface area contributed by atoms with Crippen LogP contribution in [0.5, 0.6) is 0 Å². The van der Waals surface area contributed by atoms with Gasteiger partial charge in [-0.15, -0.1) is 0 Å².